The van der Waals surface area contributed by atoms with Gasteiger partial charge in [0.15, 0.2) is 6.10 Å². The normalized spacial score (nSPS) is 14.5. The van der Waals surface area contributed by atoms with Crippen LogP contribution in [0.5, 0.6) is 0 Å². The smallest absolute Gasteiger partial charge is 0.306 e. The van der Waals surface area contributed by atoms with Crippen molar-refractivity contribution in [1.82, 2.24) is 0 Å². The molecule has 0 rings (SSSR count). The van der Waals surface area contributed by atoms with Crippen molar-refractivity contribution >= 4 is 19.8 Å². The predicted octanol–water partition coefficient (Wildman–Crippen LogP) is 7.21. The van der Waals surface area contributed by atoms with Gasteiger partial charge < -0.3 is 27.9 Å². The van der Waals surface area contributed by atoms with Crippen LogP contribution in [0, 0.1) is 0 Å². The van der Waals surface area contributed by atoms with Crippen molar-refractivity contribution in [2.45, 2.75) is 116 Å². The fourth-order valence-electron chi connectivity index (χ4n) is 3.84. The first-order valence-corrected chi connectivity index (χ1v) is 17.7. The Balaban J connectivity index is 4.42. The number of unbranched alkanes of at least 4 members (excludes halogenated alkanes) is 8. The molecule has 2 unspecified atom stereocenters. The van der Waals surface area contributed by atoms with Crippen LogP contribution in [0.2, 0.25) is 0 Å². The van der Waals surface area contributed by atoms with Gasteiger partial charge in [-0.2, -0.15) is 0 Å². The number of carbonyl (C=O) groups excluding carboxylic acids is 2. The number of rotatable bonds is 28. The summed E-state index contributed by atoms with van der Waals surface area (Å²) >= 11 is 0. The second-order valence-corrected chi connectivity index (χ2v) is 13.2. The van der Waals surface area contributed by atoms with E-state index in [-0.39, 0.29) is 26.1 Å². The standard InChI is InChI=1S/C33H60NO8P/c1-6-8-10-12-13-14-15-16-17-18-19-20-21-22-24-26-33(36)42-31(29-39-32(35)25-23-11-9-7-2)30-41-43(37,38)40-28-27-34(3,4)5/h8,10,13-14,16-17,31H,6-7,9,11-12,15,18-30H2,1-5H3/b10-8-,14-13-,17-16-. The molecule has 0 heterocycles. The molecule has 10 heteroatoms. The highest BCUT2D eigenvalue weighted by Gasteiger charge is 2.21. The van der Waals surface area contributed by atoms with Gasteiger partial charge in [0.1, 0.15) is 19.8 Å². The second-order valence-electron chi connectivity index (χ2n) is 11.8. The van der Waals surface area contributed by atoms with Gasteiger partial charge in [0, 0.05) is 12.8 Å². The van der Waals surface area contributed by atoms with Gasteiger partial charge in [0.05, 0.1) is 27.7 Å². The van der Waals surface area contributed by atoms with Gasteiger partial charge in [-0.25, -0.2) is 0 Å². The minimum absolute atomic E-state index is 0.0354. The number of hydrogen-bond donors (Lipinski definition) is 0. The summed E-state index contributed by atoms with van der Waals surface area (Å²) in [6.07, 6.45) is 25.2. The van der Waals surface area contributed by atoms with E-state index in [1.54, 1.807) is 0 Å². The van der Waals surface area contributed by atoms with E-state index in [9.17, 15) is 19.0 Å². The maximum absolute atomic E-state index is 12.5. The first-order valence-electron chi connectivity index (χ1n) is 16.2. The molecule has 0 saturated carbocycles. The minimum Gasteiger partial charge on any atom is -0.756 e. The molecule has 0 aromatic carbocycles. The Bertz CT molecular complexity index is 850. The molecule has 9 nitrogen and oxygen atoms in total. The number of likely N-dealkylation sites (N-methyl/N-ethyl adjacent to an activating group) is 1. The molecule has 0 spiro atoms. The molecule has 250 valence electrons. The van der Waals surface area contributed by atoms with Crippen molar-refractivity contribution in [3.05, 3.63) is 36.5 Å². The third-order valence-electron chi connectivity index (χ3n) is 6.42. The zero-order chi connectivity index (χ0) is 32.2. The van der Waals surface area contributed by atoms with E-state index >= 15 is 0 Å². The van der Waals surface area contributed by atoms with Crippen LogP contribution in [0.25, 0.3) is 0 Å². The first kappa shape index (κ1) is 41.2. The lowest BCUT2D eigenvalue weighted by molar-refractivity contribution is -0.870. The minimum atomic E-state index is -4.60. The number of allylic oxidation sites excluding steroid dienone is 6. The Kier molecular flexibility index (Phi) is 25.5. The Labute approximate surface area is 261 Å². The topological polar surface area (TPSA) is 111 Å². The highest BCUT2D eigenvalue weighted by Crippen LogP contribution is 2.38. The highest BCUT2D eigenvalue weighted by atomic mass is 31.2. The summed E-state index contributed by atoms with van der Waals surface area (Å²) in [6.45, 7) is 3.91. The van der Waals surface area contributed by atoms with Crippen LogP contribution in [-0.4, -0.2) is 70.0 Å². The molecule has 43 heavy (non-hydrogen) atoms. The molecule has 2 atom stereocenters. The average molecular weight is 630 g/mol. The van der Waals surface area contributed by atoms with Crippen molar-refractivity contribution < 1.29 is 42.1 Å². The lowest BCUT2D eigenvalue weighted by atomic mass is 10.1. The molecule has 0 aliphatic carbocycles. The number of phosphoric ester groups is 1. The van der Waals surface area contributed by atoms with Crippen LogP contribution in [0.3, 0.4) is 0 Å². The number of quaternary nitrogens is 1. The maximum Gasteiger partial charge on any atom is 0.306 e. The molecule has 0 aromatic rings. The number of ether oxygens (including phenoxy) is 2. The van der Waals surface area contributed by atoms with Gasteiger partial charge in [0.2, 0.25) is 0 Å². The molecule has 0 aliphatic rings. The van der Waals surface area contributed by atoms with Crippen LogP contribution in [0.15, 0.2) is 36.5 Å². The number of nitrogens with zero attached hydrogens (tertiary/aromatic N) is 1. The SMILES string of the molecule is CC/C=C\C/C=C\C/C=C\CCCCCCCC(=O)OC(COC(=O)CCCCCC)COP(=O)([O-])OCC[N+](C)(C)C. The van der Waals surface area contributed by atoms with E-state index in [1.807, 2.05) is 21.1 Å². The van der Waals surface area contributed by atoms with Crippen molar-refractivity contribution in [2.24, 2.45) is 0 Å². The third kappa shape index (κ3) is 30.1. The van der Waals surface area contributed by atoms with Gasteiger partial charge in [-0.15, -0.1) is 0 Å². The molecule has 0 N–H and O–H groups in total. The third-order valence-corrected chi connectivity index (χ3v) is 7.39. The number of hydrogen-bond acceptors (Lipinski definition) is 8. The zero-order valence-electron chi connectivity index (χ0n) is 27.6. The van der Waals surface area contributed by atoms with Crippen LogP contribution < -0.4 is 4.89 Å². The summed E-state index contributed by atoms with van der Waals surface area (Å²) in [4.78, 5) is 36.8. The van der Waals surface area contributed by atoms with Gasteiger partial charge in [-0.1, -0.05) is 88.8 Å². The average Bonchev–Trinajstić information content (AvgIpc) is 2.94. The number of carbonyl (C=O) groups is 2. The summed E-state index contributed by atoms with van der Waals surface area (Å²) in [6, 6.07) is 0. The molecule has 0 aliphatic heterocycles. The molecule has 0 amide bonds. The molecular weight excluding hydrogens is 569 g/mol. The Morgan fingerprint density at radius 3 is 1.98 bits per heavy atom. The largest absolute Gasteiger partial charge is 0.756 e. The fraction of sp³-hybridized carbons (Fsp3) is 0.758. The predicted molar refractivity (Wildman–Crippen MR) is 171 cm³/mol. The summed E-state index contributed by atoms with van der Waals surface area (Å²) in [7, 11) is 1.14. The summed E-state index contributed by atoms with van der Waals surface area (Å²) in [5.74, 6) is -0.881. The molecule has 0 bridgehead atoms. The van der Waals surface area contributed by atoms with Gasteiger partial charge >= 0.3 is 11.9 Å². The van der Waals surface area contributed by atoms with Gasteiger partial charge in [-0.3, -0.25) is 14.2 Å². The maximum atomic E-state index is 12.5. The Hall–Kier alpha value is -1.77. The van der Waals surface area contributed by atoms with Crippen LogP contribution in [-0.2, 0) is 32.7 Å². The van der Waals surface area contributed by atoms with Crippen LogP contribution in [0.4, 0.5) is 0 Å². The fourth-order valence-corrected chi connectivity index (χ4v) is 4.57. The summed E-state index contributed by atoms with van der Waals surface area (Å²) < 4.78 is 33.3. The second kappa shape index (κ2) is 26.6. The Morgan fingerprint density at radius 1 is 0.744 bits per heavy atom. The highest BCUT2D eigenvalue weighted by molar-refractivity contribution is 7.45. The zero-order valence-corrected chi connectivity index (χ0v) is 28.5. The quantitative estimate of drug-likeness (QED) is 0.0294. The van der Waals surface area contributed by atoms with Crippen LogP contribution >= 0.6 is 7.82 Å². The lowest BCUT2D eigenvalue weighted by Gasteiger charge is -2.28. The van der Waals surface area contributed by atoms with E-state index in [0.29, 0.717) is 23.9 Å². The van der Waals surface area contributed by atoms with Crippen LogP contribution in [0.1, 0.15) is 110 Å². The Morgan fingerprint density at radius 2 is 1.33 bits per heavy atom. The first-order chi connectivity index (χ1) is 20.5. The van der Waals surface area contributed by atoms with E-state index in [4.69, 9.17) is 18.5 Å². The van der Waals surface area contributed by atoms with Crippen molar-refractivity contribution in [2.75, 3.05) is 47.5 Å². The molecule has 0 radical (unpaired) electrons. The van der Waals surface area contributed by atoms with Gasteiger partial charge in [-0.05, 0) is 44.9 Å². The molecule has 0 saturated heterocycles. The number of esters is 2. The van der Waals surface area contributed by atoms with E-state index < -0.39 is 32.5 Å². The van der Waals surface area contributed by atoms with E-state index in [2.05, 4.69) is 50.3 Å². The van der Waals surface area contributed by atoms with Gasteiger partial charge in [0.25, 0.3) is 7.82 Å². The molecule has 0 fully saturated rings. The van der Waals surface area contributed by atoms with Crippen molar-refractivity contribution in [3.8, 4) is 0 Å². The van der Waals surface area contributed by atoms with Crippen molar-refractivity contribution in [1.29, 1.82) is 0 Å². The van der Waals surface area contributed by atoms with E-state index in [0.717, 1.165) is 70.6 Å². The van der Waals surface area contributed by atoms with Crippen molar-refractivity contribution in [3.63, 3.8) is 0 Å². The summed E-state index contributed by atoms with van der Waals surface area (Å²) in [5.41, 5.74) is 0. The summed E-state index contributed by atoms with van der Waals surface area (Å²) in [5, 5.41) is 0. The lowest BCUT2D eigenvalue weighted by Crippen LogP contribution is -2.37. The number of phosphoric acid groups is 1. The van der Waals surface area contributed by atoms with E-state index in [1.165, 1.54) is 0 Å². The molecule has 0 aromatic heterocycles. The molecular formula is C33H60NO8P. The monoisotopic (exact) mass is 629 g/mol.